The maximum atomic E-state index is 5.87. The van der Waals surface area contributed by atoms with Crippen molar-refractivity contribution in [3.63, 3.8) is 0 Å². The third kappa shape index (κ3) is 3.28. The molecule has 0 spiro atoms. The number of nitrogens with one attached hydrogen (secondary N) is 1. The Hall–Kier alpha value is -0.970. The molecule has 18 heavy (non-hydrogen) atoms. The summed E-state index contributed by atoms with van der Waals surface area (Å²) in [6.45, 7) is 1.15. The molecule has 0 amide bonds. The molecule has 0 fully saturated rings. The minimum absolute atomic E-state index is 0.466. The highest BCUT2D eigenvalue weighted by Crippen LogP contribution is 2.28. The second-order valence-electron chi connectivity index (χ2n) is 3.76. The van der Waals surface area contributed by atoms with E-state index >= 15 is 0 Å². The molecule has 1 heterocycles. The number of halogens is 2. The van der Waals surface area contributed by atoms with Crippen LogP contribution in [0.5, 0.6) is 5.75 Å². The van der Waals surface area contributed by atoms with Crippen LogP contribution < -0.4 is 10.1 Å². The summed E-state index contributed by atoms with van der Waals surface area (Å²) in [5.41, 5.74) is 1.03. The lowest BCUT2D eigenvalue weighted by molar-refractivity contribution is 0.299. The average Bonchev–Trinajstić information content (AvgIpc) is 2.76. The van der Waals surface area contributed by atoms with E-state index in [1.807, 2.05) is 19.2 Å². The molecule has 2 rings (SSSR count). The van der Waals surface area contributed by atoms with Crippen LogP contribution in [0.1, 0.15) is 11.3 Å². The molecule has 0 saturated heterocycles. The molecule has 1 aromatic heterocycles. The Balaban J connectivity index is 2.04. The van der Waals surface area contributed by atoms with Crippen LogP contribution >= 0.6 is 27.5 Å². The lowest BCUT2D eigenvalue weighted by Crippen LogP contribution is -2.07. The van der Waals surface area contributed by atoms with Crippen molar-refractivity contribution in [1.29, 1.82) is 0 Å². The maximum absolute atomic E-state index is 5.87. The van der Waals surface area contributed by atoms with Crippen LogP contribution in [-0.2, 0) is 13.2 Å². The number of benzene rings is 1. The smallest absolute Gasteiger partial charge is 0.134 e. The van der Waals surface area contributed by atoms with Crippen molar-refractivity contribution < 1.29 is 9.15 Å². The third-order valence-electron chi connectivity index (χ3n) is 2.45. The predicted molar refractivity (Wildman–Crippen MR) is 75.0 cm³/mol. The summed E-state index contributed by atoms with van der Waals surface area (Å²) >= 11 is 9.29. The average molecular weight is 331 g/mol. The standard InChI is InChI=1S/C13H13BrClNO2/c1-16-7-13-9(4-5-17-13)8-18-12-3-2-10(15)6-11(12)14/h2-6,16H,7-8H2,1H3. The Morgan fingerprint density at radius 1 is 1.39 bits per heavy atom. The predicted octanol–water partition coefficient (Wildman–Crippen LogP) is 3.99. The number of furan rings is 1. The van der Waals surface area contributed by atoms with Crippen molar-refractivity contribution in [2.24, 2.45) is 0 Å². The van der Waals surface area contributed by atoms with Crippen LogP contribution in [-0.4, -0.2) is 7.05 Å². The fourth-order valence-electron chi connectivity index (χ4n) is 1.56. The Morgan fingerprint density at radius 2 is 2.22 bits per heavy atom. The second kappa shape index (κ2) is 6.27. The lowest BCUT2D eigenvalue weighted by atomic mass is 10.2. The summed E-state index contributed by atoms with van der Waals surface area (Å²) in [4.78, 5) is 0. The van der Waals surface area contributed by atoms with Crippen LogP contribution in [0, 0.1) is 0 Å². The summed E-state index contributed by atoms with van der Waals surface area (Å²) in [6.07, 6.45) is 1.67. The molecule has 3 nitrogen and oxygen atoms in total. The van der Waals surface area contributed by atoms with E-state index in [1.54, 1.807) is 18.4 Å². The molecule has 0 bridgehead atoms. The largest absolute Gasteiger partial charge is 0.488 e. The van der Waals surface area contributed by atoms with E-state index in [0.29, 0.717) is 18.2 Å². The van der Waals surface area contributed by atoms with Gasteiger partial charge in [-0.3, -0.25) is 0 Å². The minimum Gasteiger partial charge on any atom is -0.488 e. The van der Waals surface area contributed by atoms with Crippen LogP contribution in [0.15, 0.2) is 39.4 Å². The highest BCUT2D eigenvalue weighted by Gasteiger charge is 2.08. The zero-order valence-electron chi connectivity index (χ0n) is 9.87. The van der Waals surface area contributed by atoms with E-state index in [9.17, 15) is 0 Å². The molecule has 0 aliphatic carbocycles. The molecule has 1 N–H and O–H groups in total. The van der Waals surface area contributed by atoms with E-state index < -0.39 is 0 Å². The number of hydrogen-bond acceptors (Lipinski definition) is 3. The summed E-state index contributed by atoms with van der Waals surface area (Å²) in [6, 6.07) is 7.35. The quantitative estimate of drug-likeness (QED) is 0.900. The molecular formula is C13H13BrClNO2. The zero-order valence-corrected chi connectivity index (χ0v) is 12.2. The summed E-state index contributed by atoms with van der Waals surface area (Å²) in [7, 11) is 1.88. The Morgan fingerprint density at radius 3 is 2.94 bits per heavy atom. The van der Waals surface area contributed by atoms with Gasteiger partial charge >= 0.3 is 0 Å². The van der Waals surface area contributed by atoms with E-state index in [0.717, 1.165) is 21.5 Å². The summed E-state index contributed by atoms with van der Waals surface area (Å²) in [5.74, 6) is 1.65. The molecule has 0 unspecified atom stereocenters. The molecule has 0 atom stereocenters. The van der Waals surface area contributed by atoms with Crippen LogP contribution in [0.4, 0.5) is 0 Å². The van der Waals surface area contributed by atoms with Crippen LogP contribution in [0.2, 0.25) is 5.02 Å². The van der Waals surface area contributed by atoms with E-state index in [4.69, 9.17) is 20.8 Å². The first-order valence-electron chi connectivity index (χ1n) is 5.48. The van der Waals surface area contributed by atoms with Gasteiger partial charge in [0.15, 0.2) is 0 Å². The first-order chi connectivity index (χ1) is 8.70. The summed E-state index contributed by atoms with van der Waals surface area (Å²) in [5, 5.41) is 3.73. The molecule has 2 aromatic rings. The van der Waals surface area contributed by atoms with Crippen molar-refractivity contribution in [1.82, 2.24) is 5.32 Å². The van der Waals surface area contributed by atoms with Crippen LogP contribution in [0.3, 0.4) is 0 Å². The first-order valence-corrected chi connectivity index (χ1v) is 6.65. The van der Waals surface area contributed by atoms with Crippen LogP contribution in [0.25, 0.3) is 0 Å². The second-order valence-corrected chi connectivity index (χ2v) is 5.05. The Kier molecular flexibility index (Phi) is 4.69. The van der Waals surface area contributed by atoms with E-state index in [1.165, 1.54) is 0 Å². The third-order valence-corrected chi connectivity index (χ3v) is 3.31. The van der Waals surface area contributed by atoms with Gasteiger partial charge < -0.3 is 14.5 Å². The van der Waals surface area contributed by atoms with E-state index in [2.05, 4.69) is 21.2 Å². The SMILES string of the molecule is CNCc1occc1COc1ccc(Cl)cc1Br. The molecule has 0 radical (unpaired) electrons. The molecule has 96 valence electrons. The van der Waals surface area contributed by atoms with Crippen molar-refractivity contribution >= 4 is 27.5 Å². The molecule has 1 aromatic carbocycles. The normalized spacial score (nSPS) is 10.6. The fraction of sp³-hybridized carbons (Fsp3) is 0.231. The van der Waals surface area contributed by atoms with Gasteiger partial charge in [0, 0.05) is 10.6 Å². The van der Waals surface area contributed by atoms with Crippen molar-refractivity contribution in [3.8, 4) is 5.75 Å². The van der Waals surface area contributed by atoms with Gasteiger partial charge in [0.05, 0.1) is 17.3 Å². The number of ether oxygens (including phenoxy) is 1. The van der Waals surface area contributed by atoms with Crippen molar-refractivity contribution in [3.05, 3.63) is 51.3 Å². The first kappa shape index (κ1) is 13.5. The minimum atomic E-state index is 0.466. The highest BCUT2D eigenvalue weighted by molar-refractivity contribution is 9.10. The number of hydrogen-bond donors (Lipinski definition) is 1. The lowest BCUT2D eigenvalue weighted by Gasteiger charge is -2.08. The van der Waals surface area contributed by atoms with Gasteiger partial charge in [-0.2, -0.15) is 0 Å². The van der Waals surface area contributed by atoms with Crippen molar-refractivity contribution in [2.75, 3.05) is 7.05 Å². The Labute approximate surface area is 119 Å². The maximum Gasteiger partial charge on any atom is 0.134 e. The monoisotopic (exact) mass is 329 g/mol. The fourth-order valence-corrected chi connectivity index (χ4v) is 2.36. The summed E-state index contributed by atoms with van der Waals surface area (Å²) < 4.78 is 11.9. The van der Waals surface area contributed by atoms with Gasteiger partial charge in [-0.05, 0) is 47.2 Å². The Bertz CT molecular complexity index is 527. The van der Waals surface area contributed by atoms with Gasteiger partial charge in [-0.15, -0.1) is 0 Å². The molecule has 0 aliphatic heterocycles. The van der Waals surface area contributed by atoms with Gasteiger partial charge in [-0.25, -0.2) is 0 Å². The highest BCUT2D eigenvalue weighted by atomic mass is 79.9. The number of rotatable bonds is 5. The van der Waals surface area contributed by atoms with Crippen molar-refractivity contribution in [2.45, 2.75) is 13.2 Å². The van der Waals surface area contributed by atoms with Gasteiger partial charge in [0.25, 0.3) is 0 Å². The van der Waals surface area contributed by atoms with Gasteiger partial charge in [-0.1, -0.05) is 11.6 Å². The van der Waals surface area contributed by atoms with Gasteiger partial charge in [0.2, 0.25) is 0 Å². The molecule has 5 heteroatoms. The van der Waals surface area contributed by atoms with E-state index in [-0.39, 0.29) is 0 Å². The molecule has 0 saturated carbocycles. The van der Waals surface area contributed by atoms with Gasteiger partial charge in [0.1, 0.15) is 18.1 Å². The topological polar surface area (TPSA) is 34.4 Å². The molecule has 0 aliphatic rings. The molecular weight excluding hydrogens is 318 g/mol. The zero-order chi connectivity index (χ0) is 13.0.